The van der Waals surface area contributed by atoms with Crippen molar-refractivity contribution in [1.29, 1.82) is 0 Å². The summed E-state index contributed by atoms with van der Waals surface area (Å²) in [4.78, 5) is 4.27. The van der Waals surface area contributed by atoms with Crippen LogP contribution in [0.4, 0.5) is 0 Å². The Morgan fingerprint density at radius 1 is 1.80 bits per heavy atom. The Hall–Kier alpha value is -0.810. The molecule has 52 valence electrons. The maximum atomic E-state index is 5.11. The van der Waals surface area contributed by atoms with E-state index >= 15 is 0 Å². The molecule has 0 fully saturated rings. The van der Waals surface area contributed by atoms with Gasteiger partial charge in [-0.1, -0.05) is 0 Å². The van der Waals surface area contributed by atoms with Crippen LogP contribution in [0, 0.1) is 19.3 Å². The third-order valence-electron chi connectivity index (χ3n) is 1.19. The Balaban J connectivity index is 2.52. The summed E-state index contributed by atoms with van der Waals surface area (Å²) in [6.45, 7) is 2.00. The van der Waals surface area contributed by atoms with Crippen molar-refractivity contribution in [2.24, 2.45) is 0 Å². The molecule has 0 N–H and O–H groups in total. The van der Waals surface area contributed by atoms with E-state index in [1.165, 1.54) is 0 Å². The number of terminal acetylenes is 1. The van der Waals surface area contributed by atoms with Crippen molar-refractivity contribution >= 4 is 11.3 Å². The average molecular weight is 151 g/mol. The van der Waals surface area contributed by atoms with Gasteiger partial charge in [0.1, 0.15) is 0 Å². The highest BCUT2D eigenvalue weighted by Crippen LogP contribution is 2.08. The number of aryl methyl sites for hydroxylation is 2. The van der Waals surface area contributed by atoms with E-state index in [0.717, 1.165) is 23.5 Å². The van der Waals surface area contributed by atoms with Gasteiger partial charge in [-0.15, -0.1) is 23.7 Å². The highest BCUT2D eigenvalue weighted by Gasteiger charge is 1.94. The van der Waals surface area contributed by atoms with Crippen LogP contribution in [0.1, 0.15) is 17.1 Å². The molecule has 0 aromatic carbocycles. The zero-order valence-corrected chi connectivity index (χ0v) is 6.74. The second-order valence-electron chi connectivity index (χ2n) is 2.06. The molecule has 0 spiro atoms. The SMILES string of the molecule is C#CCCc1csc(C)n1. The molecule has 1 nitrogen and oxygen atoms in total. The van der Waals surface area contributed by atoms with E-state index in [2.05, 4.69) is 16.3 Å². The Morgan fingerprint density at radius 3 is 3.10 bits per heavy atom. The zero-order valence-electron chi connectivity index (χ0n) is 5.92. The summed E-state index contributed by atoms with van der Waals surface area (Å²) in [7, 11) is 0. The van der Waals surface area contributed by atoms with E-state index in [9.17, 15) is 0 Å². The van der Waals surface area contributed by atoms with Crippen molar-refractivity contribution in [3.8, 4) is 12.3 Å². The van der Waals surface area contributed by atoms with Crippen molar-refractivity contribution in [3.05, 3.63) is 16.1 Å². The minimum atomic E-state index is 0.795. The molecule has 0 aliphatic heterocycles. The van der Waals surface area contributed by atoms with Gasteiger partial charge < -0.3 is 0 Å². The van der Waals surface area contributed by atoms with Gasteiger partial charge in [0.25, 0.3) is 0 Å². The fourth-order valence-electron chi connectivity index (χ4n) is 0.723. The monoisotopic (exact) mass is 151 g/mol. The smallest absolute Gasteiger partial charge is 0.0897 e. The standard InChI is InChI=1S/C8H9NS/c1-3-4-5-8-6-10-7(2)9-8/h1,6H,4-5H2,2H3. The molecule has 0 atom stereocenters. The molecule has 1 aromatic heterocycles. The lowest BCUT2D eigenvalue weighted by atomic mass is 10.3. The van der Waals surface area contributed by atoms with Crippen LogP contribution in [0.2, 0.25) is 0 Å². The van der Waals surface area contributed by atoms with Crippen LogP contribution < -0.4 is 0 Å². The van der Waals surface area contributed by atoms with E-state index < -0.39 is 0 Å². The number of hydrogen-bond acceptors (Lipinski definition) is 2. The van der Waals surface area contributed by atoms with E-state index in [1.807, 2.05) is 6.92 Å². The van der Waals surface area contributed by atoms with Crippen LogP contribution in [0.3, 0.4) is 0 Å². The lowest BCUT2D eigenvalue weighted by Gasteiger charge is -1.85. The first kappa shape index (κ1) is 7.30. The summed E-state index contributed by atoms with van der Waals surface area (Å²) in [5.74, 6) is 2.59. The van der Waals surface area contributed by atoms with Crippen LogP contribution in [0.15, 0.2) is 5.38 Å². The van der Waals surface area contributed by atoms with Crippen molar-refractivity contribution in [3.63, 3.8) is 0 Å². The molecule has 10 heavy (non-hydrogen) atoms. The summed E-state index contributed by atoms with van der Waals surface area (Å²) in [6, 6.07) is 0. The zero-order chi connectivity index (χ0) is 7.40. The molecule has 0 bridgehead atoms. The second kappa shape index (κ2) is 3.38. The first-order chi connectivity index (χ1) is 4.83. The van der Waals surface area contributed by atoms with Gasteiger partial charge in [-0.2, -0.15) is 0 Å². The minimum Gasteiger partial charge on any atom is -0.247 e. The van der Waals surface area contributed by atoms with E-state index in [0.29, 0.717) is 0 Å². The molecule has 0 saturated carbocycles. The van der Waals surface area contributed by atoms with Gasteiger partial charge in [0.2, 0.25) is 0 Å². The van der Waals surface area contributed by atoms with Gasteiger partial charge in [0.15, 0.2) is 0 Å². The van der Waals surface area contributed by atoms with Crippen LogP contribution in [-0.4, -0.2) is 4.98 Å². The lowest BCUT2D eigenvalue weighted by molar-refractivity contribution is 0.971. The molecule has 2 heteroatoms. The average Bonchev–Trinajstić information content (AvgIpc) is 2.31. The van der Waals surface area contributed by atoms with E-state index in [1.54, 1.807) is 11.3 Å². The Kier molecular flexibility index (Phi) is 2.47. The maximum absolute atomic E-state index is 5.11. The van der Waals surface area contributed by atoms with Crippen LogP contribution >= 0.6 is 11.3 Å². The summed E-state index contributed by atoms with van der Waals surface area (Å²) in [6.07, 6.45) is 6.82. The summed E-state index contributed by atoms with van der Waals surface area (Å²) >= 11 is 1.68. The first-order valence-electron chi connectivity index (χ1n) is 3.17. The van der Waals surface area contributed by atoms with Gasteiger partial charge in [-0.25, -0.2) is 4.98 Å². The normalized spacial score (nSPS) is 9.20. The quantitative estimate of drug-likeness (QED) is 0.589. The highest BCUT2D eigenvalue weighted by molar-refractivity contribution is 7.09. The van der Waals surface area contributed by atoms with Crippen molar-refractivity contribution in [1.82, 2.24) is 4.98 Å². The molecular formula is C8H9NS. The summed E-state index contributed by atoms with van der Waals surface area (Å²) < 4.78 is 0. The number of thiazole rings is 1. The summed E-state index contributed by atoms with van der Waals surface area (Å²) in [5, 5.41) is 3.18. The number of nitrogens with zero attached hydrogens (tertiary/aromatic N) is 1. The van der Waals surface area contributed by atoms with Gasteiger partial charge in [-0.3, -0.25) is 0 Å². The predicted molar refractivity (Wildman–Crippen MR) is 44.0 cm³/mol. The Labute approximate surface area is 65.1 Å². The second-order valence-corrected chi connectivity index (χ2v) is 3.12. The summed E-state index contributed by atoms with van der Waals surface area (Å²) in [5.41, 5.74) is 1.13. The van der Waals surface area contributed by atoms with Gasteiger partial charge in [0, 0.05) is 18.2 Å². The molecular weight excluding hydrogens is 142 g/mol. The van der Waals surface area contributed by atoms with E-state index in [-0.39, 0.29) is 0 Å². The van der Waals surface area contributed by atoms with Gasteiger partial charge >= 0.3 is 0 Å². The Morgan fingerprint density at radius 2 is 2.60 bits per heavy atom. The van der Waals surface area contributed by atoms with E-state index in [4.69, 9.17) is 6.42 Å². The molecule has 0 aliphatic carbocycles. The number of hydrogen-bond donors (Lipinski definition) is 0. The molecule has 0 aliphatic rings. The Bertz CT molecular complexity index is 244. The molecule has 0 unspecified atom stereocenters. The number of rotatable bonds is 2. The fourth-order valence-corrected chi connectivity index (χ4v) is 1.37. The third-order valence-corrected chi connectivity index (χ3v) is 2.01. The van der Waals surface area contributed by atoms with Crippen molar-refractivity contribution in [2.45, 2.75) is 19.8 Å². The first-order valence-corrected chi connectivity index (χ1v) is 4.05. The van der Waals surface area contributed by atoms with Crippen molar-refractivity contribution in [2.75, 3.05) is 0 Å². The van der Waals surface area contributed by atoms with Crippen LogP contribution in [-0.2, 0) is 6.42 Å². The largest absolute Gasteiger partial charge is 0.247 e. The fraction of sp³-hybridized carbons (Fsp3) is 0.375. The third kappa shape index (κ3) is 1.85. The highest BCUT2D eigenvalue weighted by atomic mass is 32.1. The van der Waals surface area contributed by atoms with Crippen LogP contribution in [0.5, 0.6) is 0 Å². The molecule has 0 radical (unpaired) electrons. The molecule has 1 aromatic rings. The van der Waals surface area contributed by atoms with Gasteiger partial charge in [0.05, 0.1) is 10.7 Å². The maximum Gasteiger partial charge on any atom is 0.0897 e. The lowest BCUT2D eigenvalue weighted by Crippen LogP contribution is -1.82. The van der Waals surface area contributed by atoms with Crippen LogP contribution in [0.25, 0.3) is 0 Å². The van der Waals surface area contributed by atoms with Crippen molar-refractivity contribution < 1.29 is 0 Å². The molecule has 1 rings (SSSR count). The molecule has 0 amide bonds. The van der Waals surface area contributed by atoms with Gasteiger partial charge in [-0.05, 0) is 6.92 Å². The minimum absolute atomic E-state index is 0.795. The molecule has 0 saturated heterocycles. The number of aromatic nitrogens is 1. The topological polar surface area (TPSA) is 12.9 Å². The predicted octanol–water partition coefficient (Wildman–Crippen LogP) is 2.02. The molecule has 1 heterocycles.